The molecule has 0 aliphatic carbocycles. The Hall–Kier alpha value is -6.51. The van der Waals surface area contributed by atoms with Gasteiger partial charge in [0.1, 0.15) is 11.7 Å². The van der Waals surface area contributed by atoms with Crippen LogP contribution in [0.4, 0.5) is 0 Å². The van der Waals surface area contributed by atoms with Gasteiger partial charge in [-0.25, -0.2) is 0 Å². The first kappa shape index (κ1) is 25.7. The number of nitrogens with zero attached hydrogens (tertiary/aromatic N) is 4. The third-order valence-electron chi connectivity index (χ3n) is 9.01. The smallest absolute Gasteiger partial charge is 0.499 e. The minimum Gasteiger partial charge on any atom is -0.499 e. The maximum atomic E-state index is 9.75. The zero-order valence-corrected chi connectivity index (χ0v) is 32.8. The van der Waals surface area contributed by atoms with Gasteiger partial charge in [0.15, 0.2) is 0 Å². The molecular formula is C52H37IrN4O. The SMILES string of the molecule is [2H]c1ccc2c(oc3c(-c4ccc(C([2H])([2H])C([2H])([2H])c5cc(C([2H])([2H])C([2H])([2H])c6ccc(-c7[c-]cccc7)nc6)cc(C([2H])([2H])C([2H])([2H])c6ccc(-c7[c-]cccc7)nc6)c5)cn4)[c-]ccc32)c1C#N.[Ir+3]. The molecule has 0 saturated carbocycles. The molecule has 9 rings (SSSR count). The maximum absolute atomic E-state index is 9.75. The second-order valence-corrected chi connectivity index (χ2v) is 12.8. The van der Waals surface area contributed by atoms with Crippen LogP contribution in [0.2, 0.25) is 0 Å². The standard InChI is InChI=1S/C52H37N4O.Ir/c53-32-44-13-7-14-45-46-15-8-16-47(52(46)57-51(44)45)50-28-25-38(35-56-50)19-22-41-30-39(20-17-36-23-26-48(54-33-36)42-9-3-1-4-10-42)29-40(31-41)21-18-37-24-27-49(55-34-37)43-11-5-2-6-12-43;/h1-9,11,13-15,23-31,33-35H,17-22H2;/q-3;+3/i13D,17D2,18D2,19D2,20D2,21D2,22D2;. The molecule has 0 unspecified atom stereocenters. The average Bonchev–Trinajstić information content (AvgIpc) is 3.75. The normalized spacial score (nSPS) is 15.8. The Morgan fingerprint density at radius 3 is 1.50 bits per heavy atom. The van der Waals surface area contributed by atoms with E-state index in [0.29, 0.717) is 44.4 Å². The Morgan fingerprint density at radius 1 is 0.534 bits per heavy atom. The molecule has 0 radical (unpaired) electrons. The monoisotopic (exact) mass is 939 g/mol. The van der Waals surface area contributed by atoms with Crippen molar-refractivity contribution in [3.05, 3.63) is 209 Å². The van der Waals surface area contributed by atoms with E-state index in [0.717, 1.165) is 24.4 Å². The van der Waals surface area contributed by atoms with Gasteiger partial charge >= 0.3 is 20.1 Å². The molecule has 4 aromatic heterocycles. The number of fused-ring (bicyclic) bond motifs is 3. The van der Waals surface area contributed by atoms with E-state index >= 15 is 0 Å². The molecule has 4 heterocycles. The van der Waals surface area contributed by atoms with Crippen molar-refractivity contribution in [2.45, 2.75) is 38.2 Å². The molecule has 280 valence electrons. The zero-order chi connectivity index (χ0) is 50.0. The van der Waals surface area contributed by atoms with Crippen LogP contribution in [-0.4, -0.2) is 15.0 Å². The van der Waals surface area contributed by atoms with E-state index in [-0.39, 0.29) is 59.7 Å². The summed E-state index contributed by atoms with van der Waals surface area (Å²) in [5.74, 6) is 0. The number of benzene rings is 5. The van der Waals surface area contributed by atoms with Crippen LogP contribution in [0.1, 0.15) is 56.8 Å². The van der Waals surface area contributed by atoms with Crippen LogP contribution in [0.25, 0.3) is 55.7 Å². The first-order valence-electron chi connectivity index (χ1n) is 24.4. The van der Waals surface area contributed by atoms with Crippen LogP contribution in [0.5, 0.6) is 0 Å². The molecule has 6 heteroatoms. The first-order valence-corrected chi connectivity index (χ1v) is 17.9. The van der Waals surface area contributed by atoms with Gasteiger partial charge in [0.2, 0.25) is 0 Å². The number of hydrogen-bond acceptors (Lipinski definition) is 5. The Bertz CT molecular complexity index is 3330. The van der Waals surface area contributed by atoms with E-state index in [1.54, 1.807) is 66.7 Å². The summed E-state index contributed by atoms with van der Waals surface area (Å²) < 4.78 is 126. The van der Waals surface area contributed by atoms with Crippen LogP contribution in [0, 0.1) is 29.5 Å². The third-order valence-corrected chi connectivity index (χ3v) is 9.01. The van der Waals surface area contributed by atoms with Crippen molar-refractivity contribution in [3.8, 4) is 39.8 Å². The largest absolute Gasteiger partial charge is 3.00 e. The van der Waals surface area contributed by atoms with Gasteiger partial charge in [-0.05, 0) is 94.7 Å². The van der Waals surface area contributed by atoms with Crippen molar-refractivity contribution < 1.29 is 42.3 Å². The van der Waals surface area contributed by atoms with E-state index in [2.05, 4.69) is 33.2 Å². The second kappa shape index (κ2) is 17.7. The number of nitriles is 1. The van der Waals surface area contributed by atoms with Gasteiger partial charge in [-0.2, -0.15) is 5.26 Å². The number of para-hydroxylation sites is 1. The Labute approximate surface area is 370 Å². The van der Waals surface area contributed by atoms with E-state index in [1.807, 2.05) is 6.07 Å². The molecule has 0 aliphatic heterocycles. The summed E-state index contributed by atoms with van der Waals surface area (Å²) in [5, 5.41) is 10.9. The van der Waals surface area contributed by atoms with Gasteiger partial charge < -0.3 is 19.4 Å². The van der Waals surface area contributed by atoms with Crippen LogP contribution < -0.4 is 0 Å². The average molecular weight is 939 g/mol. The van der Waals surface area contributed by atoms with E-state index in [9.17, 15) is 21.7 Å². The Kier molecular flexibility index (Phi) is 7.86. The number of aryl methyl sites for hydroxylation is 6. The summed E-state index contributed by atoms with van der Waals surface area (Å²) in [4.78, 5) is 13.2. The molecule has 0 N–H and O–H groups in total. The minimum atomic E-state index is -3.15. The second-order valence-electron chi connectivity index (χ2n) is 12.8. The van der Waals surface area contributed by atoms with E-state index in [1.165, 1.54) is 54.9 Å². The van der Waals surface area contributed by atoms with Crippen LogP contribution in [-0.2, 0) is 58.3 Å². The quantitative estimate of drug-likeness (QED) is 0.114. The van der Waals surface area contributed by atoms with Crippen molar-refractivity contribution in [1.29, 1.82) is 5.26 Å². The van der Waals surface area contributed by atoms with Gasteiger partial charge in [-0.3, -0.25) is 0 Å². The first-order chi connectivity index (χ1) is 33.1. The van der Waals surface area contributed by atoms with Gasteiger partial charge in [0.25, 0.3) is 0 Å². The number of hydrogen-bond donors (Lipinski definition) is 0. The molecule has 58 heavy (non-hydrogen) atoms. The molecule has 0 fully saturated rings. The number of aromatic nitrogens is 3. The van der Waals surface area contributed by atoms with Gasteiger partial charge in [0.05, 0.1) is 12.5 Å². The summed E-state index contributed by atoms with van der Waals surface area (Å²) in [5.41, 5.74) is 0.709. The predicted octanol–water partition coefficient (Wildman–Crippen LogP) is 11.4. The van der Waals surface area contributed by atoms with Gasteiger partial charge in [-0.1, -0.05) is 77.7 Å². The predicted molar refractivity (Wildman–Crippen MR) is 226 cm³/mol. The molecule has 0 amide bonds. The molecule has 5 nitrogen and oxygen atoms in total. The minimum absolute atomic E-state index is 0. The van der Waals surface area contributed by atoms with Crippen LogP contribution >= 0.6 is 0 Å². The van der Waals surface area contributed by atoms with Crippen molar-refractivity contribution >= 4 is 21.9 Å². The maximum Gasteiger partial charge on any atom is 3.00 e. The fraction of sp³-hybridized carbons (Fsp3) is 0.115. The van der Waals surface area contributed by atoms with E-state index < -0.39 is 54.9 Å². The number of furan rings is 1. The molecule has 5 aromatic carbocycles. The van der Waals surface area contributed by atoms with E-state index in [4.69, 9.17) is 5.79 Å². The summed E-state index contributed by atoms with van der Waals surface area (Å²) in [6.07, 6.45) is -14.8. The molecule has 0 atom stereocenters. The van der Waals surface area contributed by atoms with Crippen molar-refractivity contribution in [2.24, 2.45) is 0 Å². The van der Waals surface area contributed by atoms with Gasteiger partial charge in [0, 0.05) is 40.4 Å². The topological polar surface area (TPSA) is 75.6 Å². The number of pyridine rings is 3. The summed E-state index contributed by atoms with van der Waals surface area (Å²) in [6.45, 7) is 0. The molecule has 0 saturated heterocycles. The Balaban J connectivity index is 0.00000676. The molecule has 0 bridgehead atoms. The van der Waals surface area contributed by atoms with Gasteiger partial charge in [-0.15, -0.1) is 90.0 Å². The molecule has 0 spiro atoms. The molecular weight excluding hydrogens is 889 g/mol. The van der Waals surface area contributed by atoms with Crippen molar-refractivity contribution in [2.75, 3.05) is 0 Å². The van der Waals surface area contributed by atoms with Crippen LogP contribution in [0.15, 0.2) is 156 Å². The summed E-state index contributed by atoms with van der Waals surface area (Å²) in [6, 6.07) is 42.9. The summed E-state index contributed by atoms with van der Waals surface area (Å²) >= 11 is 0. The molecule has 9 aromatic rings. The summed E-state index contributed by atoms with van der Waals surface area (Å²) in [7, 11) is 0. The fourth-order valence-corrected chi connectivity index (χ4v) is 6.23. The number of rotatable bonds is 12. The van der Waals surface area contributed by atoms with Crippen LogP contribution in [0.3, 0.4) is 0 Å². The third kappa shape index (κ3) is 8.57. The zero-order valence-electron chi connectivity index (χ0n) is 43.4. The van der Waals surface area contributed by atoms with Crippen molar-refractivity contribution in [1.82, 2.24) is 15.0 Å². The van der Waals surface area contributed by atoms with Crippen molar-refractivity contribution in [3.63, 3.8) is 0 Å². The fourth-order valence-electron chi connectivity index (χ4n) is 6.23. The molecule has 0 aliphatic rings. The Morgan fingerprint density at radius 2 is 1.03 bits per heavy atom.